The summed E-state index contributed by atoms with van der Waals surface area (Å²) in [6, 6.07) is 0. The van der Waals surface area contributed by atoms with Gasteiger partial charge in [-0.3, -0.25) is 9.59 Å². The molecule has 5 nitrogen and oxygen atoms in total. The number of amides is 2. The molecule has 1 aliphatic heterocycles. The van der Waals surface area contributed by atoms with E-state index < -0.39 is 0 Å². The van der Waals surface area contributed by atoms with E-state index in [1.54, 1.807) is 4.90 Å². The number of aliphatic hydroxyl groups is 1. The van der Waals surface area contributed by atoms with E-state index in [9.17, 15) is 9.59 Å². The Morgan fingerprint density at radius 2 is 1.80 bits per heavy atom. The zero-order valence-corrected chi connectivity index (χ0v) is 12.1. The van der Waals surface area contributed by atoms with Crippen LogP contribution in [0.25, 0.3) is 0 Å². The standard InChI is InChI=1S/C15H26N2O3/c18-11-13-6-3-7-17(10-13)15(20)9-16-14(19)8-12-4-1-2-5-12/h12-13,18H,1-11H2,(H,16,19). The lowest BCUT2D eigenvalue weighted by Crippen LogP contribution is -2.45. The highest BCUT2D eigenvalue weighted by Crippen LogP contribution is 2.27. The molecule has 1 saturated heterocycles. The molecule has 1 unspecified atom stereocenters. The number of carbonyl (C=O) groups excluding carboxylic acids is 2. The van der Waals surface area contributed by atoms with Crippen molar-refractivity contribution in [1.82, 2.24) is 10.2 Å². The van der Waals surface area contributed by atoms with Gasteiger partial charge in [-0.1, -0.05) is 12.8 Å². The fourth-order valence-corrected chi connectivity index (χ4v) is 3.28. The van der Waals surface area contributed by atoms with Gasteiger partial charge in [-0.05, 0) is 37.5 Å². The van der Waals surface area contributed by atoms with Crippen LogP contribution in [0.15, 0.2) is 0 Å². The van der Waals surface area contributed by atoms with Crippen molar-refractivity contribution < 1.29 is 14.7 Å². The van der Waals surface area contributed by atoms with Crippen molar-refractivity contribution in [3.8, 4) is 0 Å². The molecule has 0 radical (unpaired) electrons. The maximum Gasteiger partial charge on any atom is 0.241 e. The van der Waals surface area contributed by atoms with Gasteiger partial charge in [0.1, 0.15) is 0 Å². The molecule has 0 aromatic carbocycles. The third-order valence-corrected chi connectivity index (χ3v) is 4.52. The number of hydrogen-bond donors (Lipinski definition) is 2. The second-order valence-electron chi connectivity index (χ2n) is 6.16. The third kappa shape index (κ3) is 4.47. The van der Waals surface area contributed by atoms with Gasteiger partial charge in [-0.15, -0.1) is 0 Å². The Labute approximate surface area is 120 Å². The van der Waals surface area contributed by atoms with Crippen molar-refractivity contribution >= 4 is 11.8 Å². The molecule has 1 saturated carbocycles. The lowest BCUT2D eigenvalue weighted by molar-refractivity contribution is -0.134. The van der Waals surface area contributed by atoms with E-state index in [2.05, 4.69) is 5.32 Å². The van der Waals surface area contributed by atoms with Crippen LogP contribution in [-0.4, -0.2) is 48.1 Å². The predicted octanol–water partition coefficient (Wildman–Crippen LogP) is 0.914. The van der Waals surface area contributed by atoms with Crippen molar-refractivity contribution in [3.63, 3.8) is 0 Å². The Morgan fingerprint density at radius 1 is 1.10 bits per heavy atom. The first-order chi connectivity index (χ1) is 9.69. The smallest absolute Gasteiger partial charge is 0.241 e. The van der Waals surface area contributed by atoms with Crippen LogP contribution < -0.4 is 5.32 Å². The molecule has 2 rings (SSSR count). The van der Waals surface area contributed by atoms with Gasteiger partial charge in [0, 0.05) is 26.1 Å². The highest BCUT2D eigenvalue weighted by Gasteiger charge is 2.24. The Balaban J connectivity index is 1.67. The molecular weight excluding hydrogens is 256 g/mol. The minimum atomic E-state index is -0.0251. The normalized spacial score (nSPS) is 23.9. The van der Waals surface area contributed by atoms with Crippen LogP contribution in [0.3, 0.4) is 0 Å². The van der Waals surface area contributed by atoms with E-state index in [1.807, 2.05) is 0 Å². The Bertz CT molecular complexity index is 340. The molecule has 2 fully saturated rings. The van der Waals surface area contributed by atoms with Gasteiger partial charge in [0.05, 0.1) is 6.54 Å². The summed E-state index contributed by atoms with van der Waals surface area (Å²) in [4.78, 5) is 25.6. The molecule has 2 N–H and O–H groups in total. The van der Waals surface area contributed by atoms with Gasteiger partial charge < -0.3 is 15.3 Å². The molecule has 0 spiro atoms. The van der Waals surface area contributed by atoms with Crippen LogP contribution in [0.5, 0.6) is 0 Å². The molecule has 1 atom stereocenters. The summed E-state index contributed by atoms with van der Waals surface area (Å²) in [5, 5.41) is 11.9. The van der Waals surface area contributed by atoms with Crippen molar-refractivity contribution in [2.75, 3.05) is 26.2 Å². The summed E-state index contributed by atoms with van der Waals surface area (Å²) in [6.45, 7) is 1.60. The lowest BCUT2D eigenvalue weighted by Gasteiger charge is -2.31. The highest BCUT2D eigenvalue weighted by molar-refractivity contribution is 5.84. The monoisotopic (exact) mass is 282 g/mol. The predicted molar refractivity (Wildman–Crippen MR) is 76.0 cm³/mol. The van der Waals surface area contributed by atoms with Crippen LogP contribution in [0.1, 0.15) is 44.9 Å². The highest BCUT2D eigenvalue weighted by atomic mass is 16.3. The third-order valence-electron chi connectivity index (χ3n) is 4.52. The number of likely N-dealkylation sites (tertiary alicyclic amines) is 1. The van der Waals surface area contributed by atoms with E-state index in [1.165, 1.54) is 12.8 Å². The molecule has 2 amide bonds. The average Bonchev–Trinajstić information content (AvgIpc) is 2.97. The average molecular weight is 282 g/mol. The van der Waals surface area contributed by atoms with E-state index in [-0.39, 0.29) is 30.9 Å². The summed E-state index contributed by atoms with van der Waals surface area (Å²) in [5.41, 5.74) is 0. The fraction of sp³-hybridized carbons (Fsp3) is 0.867. The number of rotatable bonds is 5. The van der Waals surface area contributed by atoms with Gasteiger partial charge in [0.25, 0.3) is 0 Å². The number of hydrogen-bond acceptors (Lipinski definition) is 3. The molecule has 114 valence electrons. The van der Waals surface area contributed by atoms with Crippen LogP contribution in [0.2, 0.25) is 0 Å². The molecule has 5 heteroatoms. The van der Waals surface area contributed by atoms with Gasteiger partial charge in [-0.2, -0.15) is 0 Å². The minimum Gasteiger partial charge on any atom is -0.396 e. The molecule has 2 aliphatic rings. The molecule has 0 bridgehead atoms. The SMILES string of the molecule is O=C(CC1CCCC1)NCC(=O)N1CCCC(CO)C1. The molecule has 0 aromatic rings. The van der Waals surface area contributed by atoms with Gasteiger partial charge in [0.15, 0.2) is 0 Å². The number of aliphatic hydroxyl groups excluding tert-OH is 1. The van der Waals surface area contributed by atoms with Crippen LogP contribution in [0.4, 0.5) is 0 Å². The zero-order chi connectivity index (χ0) is 14.4. The summed E-state index contributed by atoms with van der Waals surface area (Å²) in [5.74, 6) is 0.685. The summed E-state index contributed by atoms with van der Waals surface area (Å²) in [7, 11) is 0. The van der Waals surface area contributed by atoms with Crippen molar-refractivity contribution in [1.29, 1.82) is 0 Å². The topological polar surface area (TPSA) is 69.6 Å². The van der Waals surface area contributed by atoms with E-state index >= 15 is 0 Å². The maximum atomic E-state index is 12.0. The second kappa shape index (κ2) is 7.62. The summed E-state index contributed by atoms with van der Waals surface area (Å²) in [6.07, 6.45) is 7.23. The Morgan fingerprint density at radius 3 is 2.50 bits per heavy atom. The first kappa shape index (κ1) is 15.3. The number of nitrogens with one attached hydrogen (secondary N) is 1. The second-order valence-corrected chi connectivity index (χ2v) is 6.16. The molecule has 20 heavy (non-hydrogen) atoms. The summed E-state index contributed by atoms with van der Waals surface area (Å²) >= 11 is 0. The van der Waals surface area contributed by atoms with Crippen molar-refractivity contribution in [3.05, 3.63) is 0 Å². The first-order valence-electron chi connectivity index (χ1n) is 7.84. The van der Waals surface area contributed by atoms with Gasteiger partial charge >= 0.3 is 0 Å². The fourth-order valence-electron chi connectivity index (χ4n) is 3.28. The Hall–Kier alpha value is -1.10. The number of carbonyl (C=O) groups is 2. The maximum absolute atomic E-state index is 12.0. The molecule has 1 aliphatic carbocycles. The van der Waals surface area contributed by atoms with Gasteiger partial charge in [-0.25, -0.2) is 0 Å². The molecule has 1 heterocycles. The zero-order valence-electron chi connectivity index (χ0n) is 12.1. The number of piperidine rings is 1. The lowest BCUT2D eigenvalue weighted by atomic mass is 9.99. The van der Waals surface area contributed by atoms with E-state index in [0.717, 1.165) is 32.2 Å². The van der Waals surface area contributed by atoms with E-state index in [4.69, 9.17) is 5.11 Å². The van der Waals surface area contributed by atoms with Crippen molar-refractivity contribution in [2.45, 2.75) is 44.9 Å². The quantitative estimate of drug-likeness (QED) is 0.787. The van der Waals surface area contributed by atoms with Gasteiger partial charge in [0.2, 0.25) is 11.8 Å². The number of nitrogens with zero attached hydrogens (tertiary/aromatic N) is 1. The van der Waals surface area contributed by atoms with Crippen LogP contribution in [0, 0.1) is 11.8 Å². The summed E-state index contributed by atoms with van der Waals surface area (Å²) < 4.78 is 0. The largest absolute Gasteiger partial charge is 0.396 e. The van der Waals surface area contributed by atoms with Crippen LogP contribution >= 0.6 is 0 Å². The minimum absolute atomic E-state index is 0.000896. The van der Waals surface area contributed by atoms with Crippen LogP contribution in [-0.2, 0) is 9.59 Å². The Kier molecular flexibility index (Phi) is 5.83. The first-order valence-corrected chi connectivity index (χ1v) is 7.84. The van der Waals surface area contributed by atoms with Crippen molar-refractivity contribution in [2.24, 2.45) is 11.8 Å². The molecular formula is C15H26N2O3. The molecule has 0 aromatic heterocycles. The van der Waals surface area contributed by atoms with E-state index in [0.29, 0.717) is 18.9 Å².